The van der Waals surface area contributed by atoms with Crippen LogP contribution in [0.3, 0.4) is 0 Å². The van der Waals surface area contributed by atoms with Gasteiger partial charge in [0.25, 0.3) is 0 Å². The highest BCUT2D eigenvalue weighted by Crippen LogP contribution is 2.32. The smallest absolute Gasteiger partial charge is 0.247 e. The largest absolute Gasteiger partial charge is 0.324 e. The molecule has 1 N–H and O–H groups in total. The Morgan fingerprint density at radius 2 is 1.77 bits per heavy atom. The maximum atomic E-state index is 13.2. The number of halogens is 4. The lowest BCUT2D eigenvalue weighted by Crippen LogP contribution is -2.45. The Hall–Kier alpha value is -1.54. The van der Waals surface area contributed by atoms with E-state index in [1.54, 1.807) is 0 Å². The first-order valence-electron chi connectivity index (χ1n) is 7.21. The number of carbonyl (C=O) groups excluding carboxylic acids is 1. The lowest BCUT2D eigenvalue weighted by Gasteiger charge is -2.29. The number of hydrogen-bond acceptors (Lipinski definition) is 3. The fraction of sp³-hybridized carbons (Fsp3) is 0.188. The van der Waals surface area contributed by atoms with E-state index in [0.717, 1.165) is 16.6 Å². The van der Waals surface area contributed by atoms with E-state index < -0.39 is 27.8 Å². The van der Waals surface area contributed by atoms with Gasteiger partial charge in [-0.2, -0.15) is 0 Å². The number of amides is 1. The van der Waals surface area contributed by atoms with Crippen molar-refractivity contribution in [3.63, 3.8) is 0 Å². The summed E-state index contributed by atoms with van der Waals surface area (Å²) < 4.78 is 38.6. The quantitative estimate of drug-likeness (QED) is 0.741. The molecule has 0 aliphatic rings. The van der Waals surface area contributed by atoms with Crippen LogP contribution in [0.15, 0.2) is 36.4 Å². The molecule has 1 atom stereocenters. The van der Waals surface area contributed by atoms with Gasteiger partial charge in [-0.25, -0.2) is 12.8 Å². The van der Waals surface area contributed by atoms with Crippen LogP contribution < -0.4 is 9.62 Å². The maximum Gasteiger partial charge on any atom is 0.247 e. The van der Waals surface area contributed by atoms with Gasteiger partial charge in [-0.05, 0) is 43.3 Å². The minimum absolute atomic E-state index is 0.0708. The molecule has 140 valence electrons. The monoisotopic (exact) mass is 438 g/mol. The molecule has 0 bridgehead atoms. The number of nitrogens with one attached hydrogen (secondary N) is 1. The second-order valence-electron chi connectivity index (χ2n) is 5.45. The molecule has 1 amide bonds. The first-order valence-corrected chi connectivity index (χ1v) is 10.2. The SMILES string of the molecule is CC(C(=O)Nc1ccc(F)c(Cl)c1)N(c1cc(Cl)ccc1Cl)S(C)(=O)=O. The first kappa shape index (κ1) is 20.8. The Kier molecular flexibility index (Phi) is 6.39. The number of rotatable bonds is 5. The van der Waals surface area contributed by atoms with Gasteiger partial charge in [-0.3, -0.25) is 9.10 Å². The molecule has 0 spiro atoms. The van der Waals surface area contributed by atoms with E-state index >= 15 is 0 Å². The van der Waals surface area contributed by atoms with Gasteiger partial charge < -0.3 is 5.32 Å². The summed E-state index contributed by atoms with van der Waals surface area (Å²) in [6.45, 7) is 1.39. The molecule has 0 radical (unpaired) electrons. The van der Waals surface area contributed by atoms with Crippen LogP contribution in [0.1, 0.15) is 6.92 Å². The molecular weight excluding hydrogens is 426 g/mol. The Morgan fingerprint density at radius 1 is 1.12 bits per heavy atom. The Labute approximate surface area is 165 Å². The standard InChI is InChI=1S/C16H14Cl3FN2O3S/c1-9(16(23)21-11-4-6-14(20)13(19)8-11)22(26(2,24)25)15-7-10(17)3-5-12(15)18/h3-9H,1-2H3,(H,21,23). The zero-order chi connectivity index (χ0) is 19.6. The molecule has 10 heteroatoms. The number of carbonyl (C=O) groups is 1. The van der Waals surface area contributed by atoms with Gasteiger partial charge in [0.05, 0.1) is 22.0 Å². The van der Waals surface area contributed by atoms with Crippen LogP contribution in [0.2, 0.25) is 15.1 Å². The van der Waals surface area contributed by atoms with Gasteiger partial charge in [0.2, 0.25) is 15.9 Å². The summed E-state index contributed by atoms with van der Waals surface area (Å²) in [5.74, 6) is -1.30. The van der Waals surface area contributed by atoms with Crippen molar-refractivity contribution < 1.29 is 17.6 Å². The third-order valence-corrected chi connectivity index (χ3v) is 5.49. The summed E-state index contributed by atoms with van der Waals surface area (Å²) in [6, 6.07) is 6.74. The van der Waals surface area contributed by atoms with Gasteiger partial charge in [0, 0.05) is 10.7 Å². The van der Waals surface area contributed by atoms with Gasteiger partial charge in [-0.1, -0.05) is 34.8 Å². The van der Waals surface area contributed by atoms with Crippen molar-refractivity contribution in [2.24, 2.45) is 0 Å². The summed E-state index contributed by atoms with van der Waals surface area (Å²) in [5.41, 5.74) is 0.292. The van der Waals surface area contributed by atoms with Gasteiger partial charge in [0.15, 0.2) is 0 Å². The zero-order valence-corrected chi connectivity index (χ0v) is 16.7. The van der Waals surface area contributed by atoms with Gasteiger partial charge >= 0.3 is 0 Å². The number of benzene rings is 2. The van der Waals surface area contributed by atoms with E-state index in [-0.39, 0.29) is 26.4 Å². The summed E-state index contributed by atoms with van der Waals surface area (Å²) in [6.07, 6.45) is 0.947. The van der Waals surface area contributed by atoms with Crippen LogP contribution >= 0.6 is 34.8 Å². The Balaban J connectivity index is 2.37. The van der Waals surface area contributed by atoms with Crippen LogP contribution in [-0.2, 0) is 14.8 Å². The van der Waals surface area contributed by atoms with Crippen LogP contribution in [-0.4, -0.2) is 26.6 Å². The van der Waals surface area contributed by atoms with Crippen molar-refractivity contribution in [2.75, 3.05) is 15.9 Å². The molecular formula is C16H14Cl3FN2O3S. The molecule has 1 unspecified atom stereocenters. The van der Waals surface area contributed by atoms with Crippen LogP contribution in [0.4, 0.5) is 15.8 Å². The average molecular weight is 440 g/mol. The van der Waals surface area contributed by atoms with Crippen molar-refractivity contribution in [2.45, 2.75) is 13.0 Å². The van der Waals surface area contributed by atoms with Crippen molar-refractivity contribution >= 4 is 62.1 Å². The molecule has 0 heterocycles. The first-order chi connectivity index (χ1) is 12.0. The molecule has 26 heavy (non-hydrogen) atoms. The lowest BCUT2D eigenvalue weighted by atomic mass is 10.2. The lowest BCUT2D eigenvalue weighted by molar-refractivity contribution is -0.116. The summed E-state index contributed by atoms with van der Waals surface area (Å²) in [5, 5.41) is 2.70. The summed E-state index contributed by atoms with van der Waals surface area (Å²) in [4.78, 5) is 12.5. The predicted molar refractivity (Wildman–Crippen MR) is 103 cm³/mol. The Morgan fingerprint density at radius 3 is 2.35 bits per heavy atom. The topological polar surface area (TPSA) is 66.5 Å². The van der Waals surface area contributed by atoms with Crippen LogP contribution in [0, 0.1) is 5.82 Å². The Bertz CT molecular complexity index is 954. The summed E-state index contributed by atoms with van der Waals surface area (Å²) in [7, 11) is -3.87. The fourth-order valence-corrected chi connectivity index (χ4v) is 4.04. The molecule has 0 saturated heterocycles. The second kappa shape index (κ2) is 8.00. The van der Waals surface area contributed by atoms with Crippen LogP contribution in [0.5, 0.6) is 0 Å². The molecule has 2 aromatic rings. The van der Waals surface area contributed by atoms with Gasteiger partial charge in [0.1, 0.15) is 11.9 Å². The van der Waals surface area contributed by atoms with Gasteiger partial charge in [-0.15, -0.1) is 0 Å². The number of anilines is 2. The molecule has 5 nitrogen and oxygen atoms in total. The van der Waals surface area contributed by atoms with Crippen molar-refractivity contribution in [1.29, 1.82) is 0 Å². The molecule has 0 aliphatic carbocycles. The highest BCUT2D eigenvalue weighted by atomic mass is 35.5. The fourth-order valence-electron chi connectivity index (χ4n) is 2.26. The number of nitrogens with zero attached hydrogens (tertiary/aromatic N) is 1. The molecule has 0 saturated carbocycles. The molecule has 2 aromatic carbocycles. The summed E-state index contributed by atoms with van der Waals surface area (Å²) >= 11 is 17.7. The molecule has 0 aliphatic heterocycles. The van der Waals surface area contributed by atoms with E-state index in [2.05, 4.69) is 5.32 Å². The van der Waals surface area contributed by atoms with E-state index in [4.69, 9.17) is 34.8 Å². The van der Waals surface area contributed by atoms with Crippen molar-refractivity contribution in [1.82, 2.24) is 0 Å². The highest BCUT2D eigenvalue weighted by Gasteiger charge is 2.31. The van der Waals surface area contributed by atoms with E-state index in [9.17, 15) is 17.6 Å². The molecule has 0 aromatic heterocycles. The van der Waals surface area contributed by atoms with E-state index in [1.165, 1.54) is 37.3 Å². The van der Waals surface area contributed by atoms with Crippen molar-refractivity contribution in [3.05, 3.63) is 57.3 Å². The normalized spacial score (nSPS) is 12.5. The second-order valence-corrected chi connectivity index (χ2v) is 8.56. The molecule has 2 rings (SSSR count). The minimum Gasteiger partial charge on any atom is -0.324 e. The highest BCUT2D eigenvalue weighted by molar-refractivity contribution is 7.92. The molecule has 0 fully saturated rings. The van der Waals surface area contributed by atoms with Crippen LogP contribution in [0.25, 0.3) is 0 Å². The number of sulfonamides is 1. The third kappa shape index (κ3) is 4.79. The minimum atomic E-state index is -3.87. The van der Waals surface area contributed by atoms with E-state index in [0.29, 0.717) is 0 Å². The average Bonchev–Trinajstić information content (AvgIpc) is 2.53. The third-order valence-electron chi connectivity index (χ3n) is 3.42. The maximum absolute atomic E-state index is 13.2. The van der Waals surface area contributed by atoms with Crippen molar-refractivity contribution in [3.8, 4) is 0 Å². The predicted octanol–water partition coefficient (Wildman–Crippen LogP) is 4.58. The van der Waals surface area contributed by atoms with E-state index in [1.807, 2.05) is 0 Å². The zero-order valence-electron chi connectivity index (χ0n) is 13.6. The number of hydrogen-bond donors (Lipinski definition) is 1.